The van der Waals surface area contributed by atoms with Crippen LogP contribution >= 0.6 is 0 Å². The lowest BCUT2D eigenvalue weighted by atomic mass is 9.98. The fourth-order valence-electron chi connectivity index (χ4n) is 3.71. The number of nitrogens with zero attached hydrogens (tertiary/aromatic N) is 2. The molecule has 4 rings (SSSR count). The zero-order valence-corrected chi connectivity index (χ0v) is 16.6. The van der Waals surface area contributed by atoms with E-state index in [4.69, 9.17) is 4.42 Å². The molecule has 7 heteroatoms. The van der Waals surface area contributed by atoms with Gasteiger partial charge < -0.3 is 15.1 Å². The molecule has 0 saturated carbocycles. The molecule has 1 aliphatic heterocycles. The van der Waals surface area contributed by atoms with Crippen molar-refractivity contribution >= 4 is 11.8 Å². The fourth-order valence-corrected chi connectivity index (χ4v) is 3.71. The lowest BCUT2D eigenvalue weighted by molar-refractivity contribution is -0.139. The molecule has 154 valence electrons. The molecule has 2 N–H and O–H groups in total. The summed E-state index contributed by atoms with van der Waals surface area (Å²) in [6.45, 7) is 2.16. The van der Waals surface area contributed by atoms with E-state index in [2.05, 4.69) is 38.7 Å². The number of hydrogen-bond donors (Lipinski definition) is 2. The van der Waals surface area contributed by atoms with Gasteiger partial charge >= 0.3 is 11.8 Å². The van der Waals surface area contributed by atoms with Gasteiger partial charge in [0.1, 0.15) is 5.76 Å². The molecule has 3 aromatic rings. The summed E-state index contributed by atoms with van der Waals surface area (Å²) in [5.74, 6) is -0.556. The first-order chi connectivity index (χ1) is 14.7. The second-order valence-electron chi connectivity index (χ2n) is 7.27. The Morgan fingerprint density at radius 3 is 2.63 bits per heavy atom. The fraction of sp³-hybridized carbons (Fsp3) is 0.261. The van der Waals surface area contributed by atoms with E-state index in [9.17, 15) is 9.59 Å². The van der Waals surface area contributed by atoms with E-state index >= 15 is 0 Å². The van der Waals surface area contributed by atoms with Gasteiger partial charge in [0, 0.05) is 38.6 Å². The molecule has 2 amide bonds. The van der Waals surface area contributed by atoms with Gasteiger partial charge in [-0.25, -0.2) is 0 Å². The third-order valence-electron chi connectivity index (χ3n) is 5.31. The summed E-state index contributed by atoms with van der Waals surface area (Å²) in [4.78, 5) is 30.8. The van der Waals surface area contributed by atoms with Crippen LogP contribution in [0.3, 0.4) is 0 Å². The van der Waals surface area contributed by atoms with Crippen molar-refractivity contribution in [2.24, 2.45) is 0 Å². The molecular formula is C23H24N4O3. The van der Waals surface area contributed by atoms with Crippen LogP contribution < -0.4 is 10.6 Å². The topological polar surface area (TPSA) is 87.5 Å². The molecule has 1 aliphatic rings. The van der Waals surface area contributed by atoms with E-state index in [-0.39, 0.29) is 19.1 Å². The van der Waals surface area contributed by atoms with Crippen LogP contribution in [-0.2, 0) is 29.1 Å². The summed E-state index contributed by atoms with van der Waals surface area (Å²) in [7, 11) is 0. The van der Waals surface area contributed by atoms with Crippen LogP contribution in [0.1, 0.15) is 28.5 Å². The van der Waals surface area contributed by atoms with Crippen LogP contribution in [0.5, 0.6) is 0 Å². The van der Waals surface area contributed by atoms with Crippen LogP contribution in [0.2, 0.25) is 0 Å². The lowest BCUT2D eigenvalue weighted by Crippen LogP contribution is -2.45. The highest BCUT2D eigenvalue weighted by Crippen LogP contribution is 2.27. The molecule has 0 bridgehead atoms. The molecule has 2 aromatic heterocycles. The Hall–Kier alpha value is -3.45. The minimum Gasteiger partial charge on any atom is -0.468 e. The van der Waals surface area contributed by atoms with Crippen molar-refractivity contribution in [1.29, 1.82) is 0 Å². The Labute approximate surface area is 175 Å². The Balaban J connectivity index is 1.37. The van der Waals surface area contributed by atoms with Crippen molar-refractivity contribution in [3.63, 3.8) is 0 Å². The molecule has 0 fully saturated rings. The van der Waals surface area contributed by atoms with Crippen molar-refractivity contribution in [2.75, 3.05) is 13.1 Å². The standard InChI is InChI=1S/C23H24N4O3/c28-22(25-14-17-5-3-10-24-13-17)23(29)26-15-20(21-8-4-12-30-21)27-11-9-18-6-1-2-7-19(18)16-27/h1-8,10,12-13,20H,9,11,14-16H2,(H,25,28)(H,26,29)/t20-/m0/s1. The van der Waals surface area contributed by atoms with E-state index < -0.39 is 11.8 Å². The molecule has 0 spiro atoms. The van der Waals surface area contributed by atoms with E-state index in [0.717, 1.165) is 30.8 Å². The Kier molecular flexibility index (Phi) is 6.20. The average molecular weight is 404 g/mol. The smallest absolute Gasteiger partial charge is 0.309 e. The number of amides is 2. The van der Waals surface area contributed by atoms with Crippen molar-refractivity contribution in [3.8, 4) is 0 Å². The zero-order valence-electron chi connectivity index (χ0n) is 16.6. The van der Waals surface area contributed by atoms with Crippen LogP contribution in [0, 0.1) is 0 Å². The monoisotopic (exact) mass is 404 g/mol. The van der Waals surface area contributed by atoms with Crippen molar-refractivity contribution in [1.82, 2.24) is 20.5 Å². The van der Waals surface area contributed by atoms with Gasteiger partial charge in [0.2, 0.25) is 0 Å². The molecule has 30 heavy (non-hydrogen) atoms. The van der Waals surface area contributed by atoms with Gasteiger partial charge in [0.25, 0.3) is 0 Å². The highest BCUT2D eigenvalue weighted by atomic mass is 16.3. The summed E-state index contributed by atoms with van der Waals surface area (Å²) >= 11 is 0. The summed E-state index contributed by atoms with van der Waals surface area (Å²) in [5.41, 5.74) is 3.46. The van der Waals surface area contributed by atoms with Gasteiger partial charge in [-0.1, -0.05) is 30.3 Å². The third kappa shape index (κ3) is 4.75. The lowest BCUT2D eigenvalue weighted by Gasteiger charge is -2.34. The summed E-state index contributed by atoms with van der Waals surface area (Å²) < 4.78 is 5.63. The van der Waals surface area contributed by atoms with Crippen LogP contribution in [0.25, 0.3) is 0 Å². The molecule has 0 aliphatic carbocycles. The van der Waals surface area contributed by atoms with E-state index in [1.165, 1.54) is 11.1 Å². The van der Waals surface area contributed by atoms with Crippen LogP contribution in [0.15, 0.2) is 71.6 Å². The highest BCUT2D eigenvalue weighted by molar-refractivity contribution is 6.35. The molecule has 0 saturated heterocycles. The van der Waals surface area contributed by atoms with Gasteiger partial charge in [0.15, 0.2) is 0 Å². The number of furan rings is 1. The maximum Gasteiger partial charge on any atom is 0.309 e. The molecular weight excluding hydrogens is 380 g/mol. The number of pyridine rings is 1. The zero-order chi connectivity index (χ0) is 20.8. The van der Waals surface area contributed by atoms with Gasteiger partial charge in [-0.15, -0.1) is 0 Å². The molecule has 0 radical (unpaired) electrons. The number of benzene rings is 1. The number of carbonyl (C=O) groups is 2. The Morgan fingerprint density at radius 2 is 1.87 bits per heavy atom. The predicted molar refractivity (Wildman–Crippen MR) is 111 cm³/mol. The van der Waals surface area contributed by atoms with E-state index in [1.807, 2.05) is 24.3 Å². The number of rotatable bonds is 6. The van der Waals surface area contributed by atoms with Crippen LogP contribution in [-0.4, -0.2) is 34.8 Å². The van der Waals surface area contributed by atoms with Crippen molar-refractivity contribution in [3.05, 3.63) is 89.6 Å². The number of hydrogen-bond acceptors (Lipinski definition) is 5. The second-order valence-corrected chi connectivity index (χ2v) is 7.27. The predicted octanol–water partition coefficient (Wildman–Crippen LogP) is 2.21. The first kappa shape index (κ1) is 19.8. The summed E-state index contributed by atoms with van der Waals surface area (Å²) in [6.07, 6.45) is 5.88. The largest absolute Gasteiger partial charge is 0.468 e. The Bertz CT molecular complexity index is 989. The van der Waals surface area contributed by atoms with Gasteiger partial charge in [-0.05, 0) is 41.3 Å². The van der Waals surface area contributed by atoms with Gasteiger partial charge in [0.05, 0.1) is 12.3 Å². The summed E-state index contributed by atoms with van der Waals surface area (Å²) in [5, 5.41) is 5.38. The molecule has 3 heterocycles. The second kappa shape index (κ2) is 9.37. The van der Waals surface area contributed by atoms with Crippen molar-refractivity contribution < 1.29 is 14.0 Å². The SMILES string of the molecule is O=C(NCc1cccnc1)C(=O)NC[C@@H](c1ccco1)N1CCc2ccccc2C1. The van der Waals surface area contributed by atoms with Gasteiger partial charge in [-0.3, -0.25) is 19.5 Å². The van der Waals surface area contributed by atoms with Gasteiger partial charge in [-0.2, -0.15) is 0 Å². The number of fused-ring (bicyclic) bond motifs is 1. The number of nitrogens with one attached hydrogen (secondary N) is 2. The maximum absolute atomic E-state index is 12.3. The first-order valence-electron chi connectivity index (χ1n) is 10.00. The Morgan fingerprint density at radius 1 is 1.03 bits per heavy atom. The van der Waals surface area contributed by atoms with E-state index in [1.54, 1.807) is 24.7 Å². The molecule has 0 unspecified atom stereocenters. The maximum atomic E-state index is 12.3. The number of carbonyl (C=O) groups excluding carboxylic acids is 2. The molecule has 7 nitrogen and oxygen atoms in total. The van der Waals surface area contributed by atoms with E-state index in [0.29, 0.717) is 0 Å². The molecule has 1 atom stereocenters. The first-order valence-corrected chi connectivity index (χ1v) is 10.00. The summed E-state index contributed by atoms with van der Waals surface area (Å²) in [6, 6.07) is 15.6. The van der Waals surface area contributed by atoms with Crippen LogP contribution in [0.4, 0.5) is 0 Å². The molecule has 1 aromatic carbocycles. The number of aromatic nitrogens is 1. The third-order valence-corrected chi connectivity index (χ3v) is 5.31. The minimum absolute atomic E-state index is 0.150. The van der Waals surface area contributed by atoms with Crippen molar-refractivity contribution in [2.45, 2.75) is 25.6 Å². The normalized spacial score (nSPS) is 14.5. The quantitative estimate of drug-likeness (QED) is 0.615. The highest BCUT2D eigenvalue weighted by Gasteiger charge is 2.27. The minimum atomic E-state index is -0.666. The average Bonchev–Trinajstić information content (AvgIpc) is 3.32.